The average Bonchev–Trinajstić information content (AvgIpc) is 1.86. The molecule has 0 heterocycles. The molecule has 0 N–H and O–H groups in total. The molecule has 0 aliphatic rings. The zero-order valence-electron chi connectivity index (χ0n) is 9.00. The van der Waals surface area contributed by atoms with E-state index in [2.05, 4.69) is 62.4 Å². The van der Waals surface area contributed by atoms with Gasteiger partial charge in [-0.1, -0.05) is 0 Å². The summed E-state index contributed by atoms with van der Waals surface area (Å²) in [4.78, 5) is 0. The van der Waals surface area contributed by atoms with E-state index in [1.54, 1.807) is 0 Å². The van der Waals surface area contributed by atoms with Gasteiger partial charge in [0.1, 0.15) is 0 Å². The van der Waals surface area contributed by atoms with Crippen LogP contribution in [0.3, 0.4) is 0 Å². The fraction of sp³-hybridized carbons (Fsp3) is 1.00. The van der Waals surface area contributed by atoms with Crippen LogP contribution in [0.2, 0.25) is 13.2 Å². The van der Waals surface area contributed by atoms with Crippen LogP contribution in [0.1, 0.15) is 41.5 Å². The predicted octanol–water partition coefficient (Wildman–Crippen LogP) is 5.26. The first-order valence-corrected chi connectivity index (χ1v) is 13.6. The fourth-order valence-corrected chi connectivity index (χ4v) is 7.48. The average molecular weight is 349 g/mol. The molecule has 0 spiro atoms. The monoisotopic (exact) mass is 347 g/mol. The van der Waals surface area contributed by atoms with Gasteiger partial charge in [-0.15, -0.1) is 0 Å². The van der Waals surface area contributed by atoms with E-state index in [1.807, 2.05) is 0 Å². The van der Waals surface area contributed by atoms with Gasteiger partial charge in [-0.2, -0.15) is 0 Å². The van der Waals surface area contributed by atoms with Crippen LogP contribution >= 0.6 is 20.9 Å². The fourth-order valence-electron chi connectivity index (χ4n) is 1.26. The van der Waals surface area contributed by atoms with Crippen LogP contribution in [0.25, 0.3) is 0 Å². The molecule has 0 aliphatic heterocycles. The van der Waals surface area contributed by atoms with Crippen molar-refractivity contribution in [3.05, 3.63) is 0 Å². The quantitative estimate of drug-likeness (QED) is 0.482. The van der Waals surface area contributed by atoms with Crippen LogP contribution in [0.4, 0.5) is 0 Å². The molecule has 12 heavy (non-hydrogen) atoms. The molecule has 81 valence electrons. The number of halogens is 1. The van der Waals surface area contributed by atoms with Gasteiger partial charge >= 0.3 is 87.4 Å². The molecule has 0 aromatic heterocycles. The van der Waals surface area contributed by atoms with Crippen molar-refractivity contribution in [2.45, 2.75) is 54.7 Å². The summed E-state index contributed by atoms with van der Waals surface area (Å²) < 4.78 is 2.30. The van der Waals surface area contributed by atoms with Crippen molar-refractivity contribution in [3.63, 3.8) is 0 Å². The Morgan fingerprint density at radius 2 is 1.00 bits per heavy atom. The third-order valence-electron chi connectivity index (χ3n) is 2.31. The Bertz CT molecular complexity index is 135. The van der Waals surface area contributed by atoms with Gasteiger partial charge in [0.25, 0.3) is 0 Å². The third kappa shape index (κ3) is 1.98. The minimum atomic E-state index is -2.09. The van der Waals surface area contributed by atoms with E-state index >= 15 is 0 Å². The van der Waals surface area contributed by atoms with Gasteiger partial charge in [0.2, 0.25) is 0 Å². The third-order valence-corrected chi connectivity index (χ3v) is 31.4. The zero-order chi connectivity index (χ0) is 10.2. The van der Waals surface area contributed by atoms with E-state index in [-0.39, 0.29) is 0 Å². The van der Waals surface area contributed by atoms with E-state index in [4.69, 9.17) is 0 Å². The van der Waals surface area contributed by atoms with Crippen LogP contribution < -0.4 is 0 Å². The minimum absolute atomic E-state index is 0.768. The summed E-state index contributed by atoms with van der Waals surface area (Å²) >= 11 is 2.02. The zero-order valence-corrected chi connectivity index (χ0v) is 13.3. The van der Waals surface area contributed by atoms with Gasteiger partial charge in [-0.25, -0.2) is 0 Å². The van der Waals surface area contributed by atoms with E-state index < -0.39 is 11.8 Å². The van der Waals surface area contributed by atoms with E-state index in [1.165, 1.54) is 0 Å². The molecule has 0 rings (SSSR count). The molecule has 0 saturated heterocycles. The number of rotatable bonds is 3. The molecule has 0 radical (unpaired) electrons. The van der Waals surface area contributed by atoms with Gasteiger partial charge in [-0.3, -0.25) is 0 Å². The SMILES string of the molecule is C[CH](C)[Pd]([PH2])([Br])([CH](C)C)[CH](C)C. The van der Waals surface area contributed by atoms with Gasteiger partial charge in [0.05, 0.1) is 0 Å². The van der Waals surface area contributed by atoms with Crippen molar-refractivity contribution in [3.8, 4) is 0 Å². The van der Waals surface area contributed by atoms with E-state index in [0.29, 0.717) is 0 Å². The summed E-state index contributed by atoms with van der Waals surface area (Å²) in [6.45, 7) is 14.1. The normalized spacial score (nSPS) is 17.1. The van der Waals surface area contributed by atoms with Crippen LogP contribution in [0.5, 0.6) is 0 Å². The molecular formula is C9H23BrPPd. The Kier molecular flexibility index (Phi) is 4.50. The van der Waals surface area contributed by atoms with Crippen LogP contribution in [0.15, 0.2) is 0 Å². The van der Waals surface area contributed by atoms with Crippen LogP contribution in [-0.4, -0.2) is 0 Å². The van der Waals surface area contributed by atoms with Crippen LogP contribution in [-0.2, 0) is 11.8 Å². The number of hydrogen-bond acceptors (Lipinski definition) is 0. The van der Waals surface area contributed by atoms with Crippen LogP contribution in [0, 0.1) is 0 Å². The van der Waals surface area contributed by atoms with Crippen molar-refractivity contribution in [2.24, 2.45) is 0 Å². The summed E-state index contributed by atoms with van der Waals surface area (Å²) in [6, 6.07) is 0. The second-order valence-electron chi connectivity index (χ2n) is 3.74. The maximum absolute atomic E-state index is 4.11. The number of hydrogen-bond donors (Lipinski definition) is 0. The Labute approximate surface area is 87.0 Å². The molecule has 0 amide bonds. The molecule has 0 aromatic carbocycles. The molecule has 0 aliphatic carbocycles. The molecule has 3 heteroatoms. The van der Waals surface area contributed by atoms with Gasteiger partial charge in [0.15, 0.2) is 0 Å². The van der Waals surface area contributed by atoms with Gasteiger partial charge in [0, 0.05) is 0 Å². The Morgan fingerprint density at radius 3 is 1.00 bits per heavy atom. The first kappa shape index (κ1) is 13.6. The first-order valence-electron chi connectivity index (χ1n) is 4.31. The topological polar surface area (TPSA) is 0 Å². The molecular weight excluding hydrogens is 325 g/mol. The molecule has 0 fully saturated rings. The molecule has 0 nitrogen and oxygen atoms in total. The van der Waals surface area contributed by atoms with Crippen molar-refractivity contribution in [1.82, 2.24) is 0 Å². The summed E-state index contributed by atoms with van der Waals surface area (Å²) in [5.74, 6) is 0. The molecule has 0 saturated carbocycles. The Balaban J connectivity index is 5.09. The summed E-state index contributed by atoms with van der Waals surface area (Å²) in [5.41, 5.74) is 0. The molecule has 1 unspecified atom stereocenters. The van der Waals surface area contributed by atoms with E-state index in [9.17, 15) is 0 Å². The second kappa shape index (κ2) is 3.98. The summed E-state index contributed by atoms with van der Waals surface area (Å²) in [5, 5.41) is 0. The summed E-state index contributed by atoms with van der Waals surface area (Å²) in [6.07, 6.45) is 0. The van der Waals surface area contributed by atoms with Crippen molar-refractivity contribution < 1.29 is 11.8 Å². The van der Waals surface area contributed by atoms with E-state index in [0.717, 1.165) is 13.2 Å². The van der Waals surface area contributed by atoms with Crippen molar-refractivity contribution >= 4 is 20.9 Å². The molecule has 0 aromatic rings. The predicted molar refractivity (Wildman–Crippen MR) is 63.9 cm³/mol. The van der Waals surface area contributed by atoms with Crippen molar-refractivity contribution in [2.75, 3.05) is 0 Å². The van der Waals surface area contributed by atoms with Gasteiger partial charge in [-0.05, 0) is 0 Å². The standard InChI is InChI=1S/3C3H7.BrH.H2P.Pd/c3*1-3-2;;;/h3*3H,1-2H3;1H;1H2;/q;;;;-1;+2/p-1. The van der Waals surface area contributed by atoms with Crippen molar-refractivity contribution in [1.29, 1.82) is 0 Å². The summed E-state index contributed by atoms with van der Waals surface area (Å²) in [7, 11) is 3.20. The van der Waals surface area contributed by atoms with Gasteiger partial charge < -0.3 is 0 Å². The first-order chi connectivity index (χ1) is 5.13. The molecule has 1 atom stereocenters. The maximum atomic E-state index is 4.11. The second-order valence-corrected chi connectivity index (χ2v) is 28.4. The molecule has 0 bridgehead atoms. The Hall–Kier alpha value is 1.57. The Morgan fingerprint density at radius 1 is 0.833 bits per heavy atom.